The van der Waals surface area contributed by atoms with E-state index in [1.165, 1.54) is 0 Å². The third-order valence-corrected chi connectivity index (χ3v) is 0.860. The quantitative estimate of drug-likeness (QED) is 0.493. The summed E-state index contributed by atoms with van der Waals surface area (Å²) in [5, 5.41) is 4.73. The van der Waals surface area contributed by atoms with Gasteiger partial charge in [-0.05, 0) is 0 Å². The third kappa shape index (κ3) is 6.36. The van der Waals surface area contributed by atoms with Crippen LogP contribution in [0.4, 0.5) is 4.79 Å². The number of aromatic amines is 1. The predicted molar refractivity (Wildman–Crippen MR) is 42.1 cm³/mol. The number of carbonyl (C=O) groups is 1. The summed E-state index contributed by atoms with van der Waals surface area (Å²) in [6, 6.07) is -0.157. The lowest BCUT2D eigenvalue weighted by molar-refractivity contribution is 0.245. The van der Waals surface area contributed by atoms with E-state index in [4.69, 9.17) is 0 Å². The van der Waals surface area contributed by atoms with Crippen LogP contribution in [0.1, 0.15) is 0 Å². The van der Waals surface area contributed by atoms with Gasteiger partial charge in [-0.25, -0.2) is 9.78 Å². The maximum absolute atomic E-state index is 9.96. The van der Waals surface area contributed by atoms with Gasteiger partial charge in [0.15, 0.2) is 0 Å². The lowest BCUT2D eigenvalue weighted by atomic mass is 11.0. The second-order valence-corrected chi connectivity index (χ2v) is 1.59. The van der Waals surface area contributed by atoms with Crippen LogP contribution in [0.25, 0.3) is 0 Å². The Hall–Kier alpha value is -1.52. The van der Waals surface area contributed by atoms with E-state index in [-0.39, 0.29) is 6.03 Å². The Morgan fingerprint density at radius 2 is 2.09 bits per heavy atom. The van der Waals surface area contributed by atoms with Gasteiger partial charge in [0, 0.05) is 26.5 Å². The Labute approximate surface area is 65.2 Å². The van der Waals surface area contributed by atoms with Gasteiger partial charge in [-0.3, -0.25) is 0 Å². The van der Waals surface area contributed by atoms with E-state index in [1.54, 1.807) is 32.8 Å². The molecule has 1 aromatic rings. The zero-order chi connectivity index (χ0) is 8.53. The summed E-state index contributed by atoms with van der Waals surface area (Å²) >= 11 is 0. The van der Waals surface area contributed by atoms with Gasteiger partial charge >= 0.3 is 6.03 Å². The Bertz CT molecular complexity index is 149. The molecule has 0 spiro atoms. The molecule has 0 aliphatic heterocycles. The summed E-state index contributed by atoms with van der Waals surface area (Å²) in [6.07, 6.45) is 5.08. The van der Waals surface area contributed by atoms with Crippen molar-refractivity contribution in [3.05, 3.63) is 18.7 Å². The van der Waals surface area contributed by atoms with E-state index in [2.05, 4.69) is 20.6 Å². The fourth-order valence-corrected chi connectivity index (χ4v) is 0.340. The van der Waals surface area contributed by atoms with Gasteiger partial charge in [-0.15, -0.1) is 0 Å². The second kappa shape index (κ2) is 6.60. The molecule has 0 aromatic carbocycles. The minimum atomic E-state index is -0.157. The molecule has 0 radical (unpaired) electrons. The van der Waals surface area contributed by atoms with Gasteiger partial charge in [0.05, 0.1) is 6.33 Å². The second-order valence-electron chi connectivity index (χ2n) is 1.59. The highest BCUT2D eigenvalue weighted by atomic mass is 16.2. The first kappa shape index (κ1) is 9.48. The molecule has 0 unspecified atom stereocenters. The van der Waals surface area contributed by atoms with Crippen LogP contribution in [0.2, 0.25) is 0 Å². The maximum atomic E-state index is 9.96. The number of urea groups is 1. The highest BCUT2D eigenvalue weighted by molar-refractivity contribution is 5.72. The van der Waals surface area contributed by atoms with E-state index < -0.39 is 0 Å². The molecule has 0 saturated heterocycles. The highest BCUT2D eigenvalue weighted by Gasteiger charge is 1.81. The van der Waals surface area contributed by atoms with Gasteiger partial charge in [0.2, 0.25) is 0 Å². The highest BCUT2D eigenvalue weighted by Crippen LogP contribution is 1.62. The summed E-state index contributed by atoms with van der Waals surface area (Å²) in [5.74, 6) is 0. The molecule has 2 amide bonds. The van der Waals surface area contributed by atoms with Crippen LogP contribution < -0.4 is 10.6 Å². The molecule has 1 rings (SSSR count). The molecule has 0 fully saturated rings. The predicted octanol–water partition coefficient (Wildman–Crippen LogP) is -0.0451. The van der Waals surface area contributed by atoms with Gasteiger partial charge in [-0.1, -0.05) is 0 Å². The normalized spacial score (nSPS) is 7.45. The molecule has 0 aliphatic carbocycles. The van der Waals surface area contributed by atoms with E-state index in [1.807, 2.05) is 0 Å². The van der Waals surface area contributed by atoms with Crippen molar-refractivity contribution in [3.8, 4) is 0 Å². The average molecular weight is 156 g/mol. The van der Waals surface area contributed by atoms with Crippen LogP contribution in [0.5, 0.6) is 0 Å². The minimum Gasteiger partial charge on any atom is -0.351 e. The summed E-state index contributed by atoms with van der Waals surface area (Å²) in [5.41, 5.74) is 0. The number of imidazole rings is 1. The van der Waals surface area contributed by atoms with Gasteiger partial charge in [-0.2, -0.15) is 0 Å². The number of hydrogen-bond acceptors (Lipinski definition) is 2. The van der Waals surface area contributed by atoms with Gasteiger partial charge < -0.3 is 15.6 Å². The number of rotatable bonds is 0. The van der Waals surface area contributed by atoms with E-state index in [9.17, 15) is 4.79 Å². The van der Waals surface area contributed by atoms with Crippen LogP contribution in [0, 0.1) is 0 Å². The van der Waals surface area contributed by atoms with E-state index >= 15 is 0 Å². The number of nitrogens with zero attached hydrogens (tertiary/aromatic N) is 1. The van der Waals surface area contributed by atoms with Crippen molar-refractivity contribution in [1.82, 2.24) is 20.6 Å². The van der Waals surface area contributed by atoms with Crippen molar-refractivity contribution >= 4 is 6.03 Å². The first-order valence-corrected chi connectivity index (χ1v) is 3.13. The Morgan fingerprint density at radius 3 is 2.18 bits per heavy atom. The first-order chi connectivity index (χ1) is 5.31. The number of amides is 2. The molecule has 0 saturated carbocycles. The molecule has 0 bridgehead atoms. The average Bonchev–Trinajstić information content (AvgIpc) is 2.60. The molecule has 11 heavy (non-hydrogen) atoms. The monoisotopic (exact) mass is 156 g/mol. The standard InChI is InChI=1S/C3H8N2O.C3H4N2/c1-4-3(6)5-2;1-2-5-3-4-1/h1-2H3,(H2,4,5,6);1-3H,(H,4,5). The van der Waals surface area contributed by atoms with Crippen molar-refractivity contribution in [3.63, 3.8) is 0 Å². The molecule has 0 atom stereocenters. The van der Waals surface area contributed by atoms with E-state index in [0.717, 1.165) is 0 Å². The van der Waals surface area contributed by atoms with Crippen LogP contribution in [-0.2, 0) is 0 Å². The van der Waals surface area contributed by atoms with Crippen LogP contribution in [-0.4, -0.2) is 30.1 Å². The number of nitrogens with one attached hydrogen (secondary N) is 3. The Kier molecular flexibility index (Phi) is 5.69. The first-order valence-electron chi connectivity index (χ1n) is 3.13. The largest absolute Gasteiger partial charge is 0.351 e. The number of hydrogen-bond donors (Lipinski definition) is 3. The maximum Gasteiger partial charge on any atom is 0.314 e. The summed E-state index contributed by atoms with van der Waals surface area (Å²) < 4.78 is 0. The Morgan fingerprint density at radius 1 is 1.45 bits per heavy atom. The van der Waals surface area contributed by atoms with Gasteiger partial charge in [0.1, 0.15) is 0 Å². The summed E-state index contributed by atoms with van der Waals surface area (Å²) in [6.45, 7) is 0. The number of aromatic nitrogens is 2. The van der Waals surface area contributed by atoms with Crippen molar-refractivity contribution in [1.29, 1.82) is 0 Å². The van der Waals surface area contributed by atoms with Gasteiger partial charge in [0.25, 0.3) is 0 Å². The number of carbonyl (C=O) groups excluding carboxylic acids is 1. The van der Waals surface area contributed by atoms with Crippen LogP contribution >= 0.6 is 0 Å². The molecule has 0 aliphatic rings. The SMILES string of the molecule is CNC(=O)NC.c1c[nH]cn1. The number of H-pyrrole nitrogens is 1. The zero-order valence-corrected chi connectivity index (χ0v) is 6.59. The fraction of sp³-hybridized carbons (Fsp3) is 0.333. The van der Waals surface area contributed by atoms with Crippen molar-refractivity contribution in [2.24, 2.45) is 0 Å². The molecule has 1 aromatic heterocycles. The molecule has 1 heterocycles. The van der Waals surface area contributed by atoms with Crippen LogP contribution in [0.3, 0.4) is 0 Å². The molecular weight excluding hydrogens is 144 g/mol. The van der Waals surface area contributed by atoms with Crippen molar-refractivity contribution in [2.45, 2.75) is 0 Å². The lowest BCUT2D eigenvalue weighted by Crippen LogP contribution is -2.28. The van der Waals surface area contributed by atoms with E-state index in [0.29, 0.717) is 0 Å². The van der Waals surface area contributed by atoms with Crippen LogP contribution in [0.15, 0.2) is 18.7 Å². The smallest absolute Gasteiger partial charge is 0.314 e. The minimum absolute atomic E-state index is 0.157. The molecular formula is C6H12N4O. The topological polar surface area (TPSA) is 69.8 Å². The Balaban J connectivity index is 0.000000183. The zero-order valence-electron chi connectivity index (χ0n) is 6.59. The molecule has 5 nitrogen and oxygen atoms in total. The van der Waals surface area contributed by atoms with Crippen molar-refractivity contribution < 1.29 is 4.79 Å². The summed E-state index contributed by atoms with van der Waals surface area (Å²) in [7, 11) is 3.14. The molecule has 3 N–H and O–H groups in total. The van der Waals surface area contributed by atoms with Crippen molar-refractivity contribution in [2.75, 3.05) is 14.1 Å². The third-order valence-electron chi connectivity index (χ3n) is 0.860. The molecule has 62 valence electrons. The molecule has 5 heteroatoms. The fourth-order valence-electron chi connectivity index (χ4n) is 0.340. The lowest BCUT2D eigenvalue weighted by Gasteiger charge is -1.91. The summed E-state index contributed by atoms with van der Waals surface area (Å²) in [4.78, 5) is 16.4.